The summed E-state index contributed by atoms with van der Waals surface area (Å²) in [6, 6.07) is 6.40. The third-order valence-electron chi connectivity index (χ3n) is 3.33. The van der Waals surface area contributed by atoms with Crippen LogP contribution in [0.4, 0.5) is 5.69 Å². The minimum absolute atomic E-state index is 0.0312. The predicted molar refractivity (Wildman–Crippen MR) is 70.5 cm³/mol. The van der Waals surface area contributed by atoms with Gasteiger partial charge in [-0.25, -0.2) is 0 Å². The van der Waals surface area contributed by atoms with Gasteiger partial charge in [0.05, 0.1) is 10.8 Å². The van der Waals surface area contributed by atoms with Crippen LogP contribution >= 0.6 is 0 Å². The van der Waals surface area contributed by atoms with Crippen LogP contribution in [0.1, 0.15) is 12.0 Å². The first kappa shape index (κ1) is 13.5. The van der Waals surface area contributed by atoms with Gasteiger partial charge in [0.2, 0.25) is 5.91 Å². The van der Waals surface area contributed by atoms with Crippen molar-refractivity contribution in [2.45, 2.75) is 13.0 Å². The van der Waals surface area contributed by atoms with E-state index in [0.717, 1.165) is 25.1 Å². The van der Waals surface area contributed by atoms with Gasteiger partial charge in [0.15, 0.2) is 0 Å². The molecule has 102 valence electrons. The van der Waals surface area contributed by atoms with Crippen LogP contribution < -0.4 is 5.32 Å². The molecule has 0 spiro atoms. The Balaban J connectivity index is 2.01. The Morgan fingerprint density at radius 2 is 2.37 bits per heavy atom. The Kier molecular flexibility index (Phi) is 4.11. The first-order chi connectivity index (χ1) is 9.08. The van der Waals surface area contributed by atoms with E-state index in [1.807, 2.05) is 0 Å². The fraction of sp³-hybridized carbons (Fsp3) is 0.462. The molecule has 0 radical (unpaired) electrons. The van der Waals surface area contributed by atoms with E-state index < -0.39 is 4.92 Å². The summed E-state index contributed by atoms with van der Waals surface area (Å²) in [4.78, 5) is 24.0. The largest absolute Gasteiger partial charge is 0.341 e. The van der Waals surface area contributed by atoms with E-state index >= 15 is 0 Å². The van der Waals surface area contributed by atoms with E-state index in [1.54, 1.807) is 24.1 Å². The molecule has 0 aromatic heterocycles. The van der Waals surface area contributed by atoms with Crippen molar-refractivity contribution >= 4 is 11.6 Å². The first-order valence-electron chi connectivity index (χ1n) is 6.27. The molecular weight excluding hydrogens is 246 g/mol. The highest BCUT2D eigenvalue weighted by molar-refractivity contribution is 5.79. The van der Waals surface area contributed by atoms with E-state index in [4.69, 9.17) is 0 Å². The van der Waals surface area contributed by atoms with Gasteiger partial charge in [-0.1, -0.05) is 12.1 Å². The van der Waals surface area contributed by atoms with Crippen molar-refractivity contribution in [2.75, 3.05) is 20.1 Å². The number of nitrogens with one attached hydrogen (secondary N) is 1. The number of carbonyl (C=O) groups is 1. The second kappa shape index (κ2) is 5.79. The molecule has 1 N–H and O–H groups in total. The molecule has 0 aliphatic carbocycles. The molecule has 1 fully saturated rings. The van der Waals surface area contributed by atoms with Gasteiger partial charge in [0, 0.05) is 32.3 Å². The zero-order valence-electron chi connectivity index (χ0n) is 10.8. The van der Waals surface area contributed by atoms with Crippen molar-refractivity contribution in [3.63, 3.8) is 0 Å². The number of nitro groups is 1. The molecule has 1 aromatic rings. The molecule has 1 saturated heterocycles. The minimum atomic E-state index is -0.424. The van der Waals surface area contributed by atoms with E-state index in [1.165, 1.54) is 12.1 Å². The van der Waals surface area contributed by atoms with Gasteiger partial charge in [0.25, 0.3) is 5.69 Å². The molecule has 1 aliphatic heterocycles. The molecule has 1 aromatic carbocycles. The molecule has 1 atom stereocenters. The normalized spacial score (nSPS) is 18.3. The molecule has 2 rings (SSSR count). The highest BCUT2D eigenvalue weighted by Crippen LogP contribution is 2.16. The number of nitro benzene ring substituents is 1. The summed E-state index contributed by atoms with van der Waals surface area (Å²) in [5, 5.41) is 13.9. The maximum atomic E-state index is 12.1. The number of amides is 1. The maximum absolute atomic E-state index is 12.1. The van der Waals surface area contributed by atoms with Crippen LogP contribution in [-0.4, -0.2) is 35.9 Å². The summed E-state index contributed by atoms with van der Waals surface area (Å²) < 4.78 is 0. The van der Waals surface area contributed by atoms with Gasteiger partial charge < -0.3 is 10.2 Å². The zero-order chi connectivity index (χ0) is 13.8. The molecule has 6 heteroatoms. The Hall–Kier alpha value is -1.95. The number of benzene rings is 1. The number of nitrogens with zero attached hydrogens (tertiary/aromatic N) is 2. The number of rotatable bonds is 4. The average molecular weight is 263 g/mol. The molecule has 19 heavy (non-hydrogen) atoms. The second-order valence-electron chi connectivity index (χ2n) is 4.81. The van der Waals surface area contributed by atoms with Gasteiger partial charge in [-0.3, -0.25) is 14.9 Å². The van der Waals surface area contributed by atoms with Crippen molar-refractivity contribution < 1.29 is 9.72 Å². The molecule has 6 nitrogen and oxygen atoms in total. The first-order valence-corrected chi connectivity index (χ1v) is 6.27. The van der Waals surface area contributed by atoms with E-state index in [9.17, 15) is 14.9 Å². The Bertz CT molecular complexity index is 484. The number of hydrogen-bond acceptors (Lipinski definition) is 4. The number of hydrogen-bond donors (Lipinski definition) is 1. The lowest BCUT2D eigenvalue weighted by Crippen LogP contribution is -2.33. The van der Waals surface area contributed by atoms with Crippen LogP contribution in [0.3, 0.4) is 0 Å². The molecule has 1 heterocycles. The van der Waals surface area contributed by atoms with Gasteiger partial charge >= 0.3 is 0 Å². The zero-order valence-corrected chi connectivity index (χ0v) is 10.8. The summed E-state index contributed by atoms with van der Waals surface area (Å²) in [6.07, 6.45) is 0.859. The van der Waals surface area contributed by atoms with Crippen LogP contribution in [0.15, 0.2) is 24.3 Å². The fourth-order valence-corrected chi connectivity index (χ4v) is 2.30. The average Bonchev–Trinajstić information content (AvgIpc) is 2.92. The summed E-state index contributed by atoms with van der Waals surface area (Å²) >= 11 is 0. The smallest absolute Gasteiger partial charge is 0.269 e. The van der Waals surface area contributed by atoms with Gasteiger partial charge in [-0.05, 0) is 18.5 Å². The molecule has 0 bridgehead atoms. The van der Waals surface area contributed by atoms with Crippen LogP contribution in [0.25, 0.3) is 0 Å². The van der Waals surface area contributed by atoms with E-state index in [0.29, 0.717) is 6.54 Å². The highest BCUT2D eigenvalue weighted by atomic mass is 16.6. The minimum Gasteiger partial charge on any atom is -0.341 e. The topological polar surface area (TPSA) is 75.5 Å². The summed E-state index contributed by atoms with van der Waals surface area (Å²) in [6.45, 7) is 2.00. The summed E-state index contributed by atoms with van der Waals surface area (Å²) in [7, 11) is 1.74. The Morgan fingerprint density at radius 1 is 1.58 bits per heavy atom. The molecule has 1 unspecified atom stereocenters. The summed E-state index contributed by atoms with van der Waals surface area (Å²) in [5.74, 6) is 0.125. The quantitative estimate of drug-likeness (QED) is 0.653. The van der Waals surface area contributed by atoms with Crippen LogP contribution in [0, 0.1) is 16.0 Å². The third-order valence-corrected chi connectivity index (χ3v) is 3.33. The fourth-order valence-electron chi connectivity index (χ4n) is 2.30. The lowest BCUT2D eigenvalue weighted by Gasteiger charge is -2.20. The maximum Gasteiger partial charge on any atom is 0.269 e. The Labute approximate surface area is 111 Å². The highest BCUT2D eigenvalue weighted by Gasteiger charge is 2.25. The second-order valence-corrected chi connectivity index (χ2v) is 4.81. The van der Waals surface area contributed by atoms with Crippen molar-refractivity contribution in [3.8, 4) is 0 Å². The van der Waals surface area contributed by atoms with Crippen LogP contribution in [0.5, 0.6) is 0 Å². The Morgan fingerprint density at radius 3 is 3.00 bits per heavy atom. The van der Waals surface area contributed by atoms with Gasteiger partial charge in [0.1, 0.15) is 0 Å². The van der Waals surface area contributed by atoms with Crippen LogP contribution in [0.2, 0.25) is 0 Å². The van der Waals surface area contributed by atoms with Crippen LogP contribution in [-0.2, 0) is 11.3 Å². The standard InChI is InChI=1S/C13H17N3O3/c1-15(13(17)11-5-6-14-8-11)9-10-3-2-4-12(7-10)16(18)19/h2-4,7,11,14H,5-6,8-9H2,1H3. The number of carbonyl (C=O) groups excluding carboxylic acids is 1. The molecular formula is C13H17N3O3. The molecule has 0 saturated carbocycles. The predicted octanol–water partition coefficient (Wildman–Crippen LogP) is 1.16. The lowest BCUT2D eigenvalue weighted by molar-refractivity contribution is -0.384. The van der Waals surface area contributed by atoms with Crippen molar-refractivity contribution in [1.82, 2.24) is 10.2 Å². The SMILES string of the molecule is CN(Cc1cccc([N+](=O)[O-])c1)C(=O)C1CCNC1. The summed E-state index contributed by atoms with van der Waals surface area (Å²) in [5.41, 5.74) is 0.830. The van der Waals surface area contributed by atoms with Gasteiger partial charge in [-0.15, -0.1) is 0 Å². The van der Waals surface area contributed by atoms with Crippen molar-refractivity contribution in [1.29, 1.82) is 0 Å². The lowest BCUT2D eigenvalue weighted by atomic mass is 10.1. The van der Waals surface area contributed by atoms with E-state index in [2.05, 4.69) is 5.32 Å². The van der Waals surface area contributed by atoms with Crippen molar-refractivity contribution in [3.05, 3.63) is 39.9 Å². The van der Waals surface area contributed by atoms with E-state index in [-0.39, 0.29) is 17.5 Å². The van der Waals surface area contributed by atoms with Crippen molar-refractivity contribution in [2.24, 2.45) is 5.92 Å². The third kappa shape index (κ3) is 3.29. The molecule has 1 aliphatic rings. The van der Waals surface area contributed by atoms with Gasteiger partial charge in [-0.2, -0.15) is 0 Å². The monoisotopic (exact) mass is 263 g/mol. The molecule has 1 amide bonds. The number of non-ortho nitro benzene ring substituents is 1.